The molecule has 19 heavy (non-hydrogen) atoms. The van der Waals surface area contributed by atoms with Gasteiger partial charge in [-0.25, -0.2) is 0 Å². The topological polar surface area (TPSA) is 43.1 Å². The minimum atomic E-state index is -0.269. The van der Waals surface area contributed by atoms with Crippen LogP contribution in [0.15, 0.2) is 54.6 Å². The monoisotopic (exact) mass is 253 g/mol. The Morgan fingerprint density at radius 2 is 1.58 bits per heavy atom. The van der Waals surface area contributed by atoms with Gasteiger partial charge in [-0.3, -0.25) is 4.79 Å². The van der Waals surface area contributed by atoms with Gasteiger partial charge in [0, 0.05) is 17.5 Å². The standard InChI is InChI=1S/C17H19NO/c1-12-8-10-15(11-9-12)17(19)13(2)16(18)14-6-4-3-5-7-14/h3-11,13,16H,18H2,1-2H3. The number of hydrogen-bond acceptors (Lipinski definition) is 2. The number of benzene rings is 2. The fourth-order valence-corrected chi connectivity index (χ4v) is 2.11. The van der Waals surface area contributed by atoms with Crippen molar-refractivity contribution in [3.05, 3.63) is 71.3 Å². The van der Waals surface area contributed by atoms with Gasteiger partial charge in [0.05, 0.1) is 0 Å². The third kappa shape index (κ3) is 3.09. The van der Waals surface area contributed by atoms with Crippen molar-refractivity contribution in [3.63, 3.8) is 0 Å². The molecule has 2 aromatic rings. The molecule has 2 unspecified atom stereocenters. The fraction of sp³-hybridized carbons (Fsp3) is 0.235. The van der Waals surface area contributed by atoms with E-state index < -0.39 is 0 Å². The van der Waals surface area contributed by atoms with E-state index in [1.165, 1.54) is 0 Å². The van der Waals surface area contributed by atoms with Crippen LogP contribution in [0.5, 0.6) is 0 Å². The molecule has 2 N–H and O–H groups in total. The number of carbonyl (C=O) groups excluding carboxylic acids is 1. The van der Waals surface area contributed by atoms with Crippen LogP contribution >= 0.6 is 0 Å². The molecule has 0 aromatic heterocycles. The van der Waals surface area contributed by atoms with Crippen LogP contribution in [0, 0.1) is 12.8 Å². The smallest absolute Gasteiger partial charge is 0.167 e. The molecule has 2 aromatic carbocycles. The van der Waals surface area contributed by atoms with Crippen molar-refractivity contribution in [2.24, 2.45) is 11.7 Å². The van der Waals surface area contributed by atoms with Crippen molar-refractivity contribution in [1.29, 1.82) is 0 Å². The number of Topliss-reactive ketones (excluding diaryl/α,β-unsaturated/α-hetero) is 1. The summed E-state index contributed by atoms with van der Waals surface area (Å²) >= 11 is 0. The Balaban J connectivity index is 2.17. The molecule has 0 bridgehead atoms. The zero-order valence-electron chi connectivity index (χ0n) is 11.3. The molecule has 2 heteroatoms. The lowest BCUT2D eigenvalue weighted by molar-refractivity contribution is 0.0913. The molecular weight excluding hydrogens is 234 g/mol. The van der Waals surface area contributed by atoms with Crippen LogP contribution in [0.25, 0.3) is 0 Å². The molecule has 0 saturated heterocycles. The zero-order valence-corrected chi connectivity index (χ0v) is 11.3. The summed E-state index contributed by atoms with van der Waals surface area (Å²) < 4.78 is 0. The van der Waals surface area contributed by atoms with Gasteiger partial charge in [-0.15, -0.1) is 0 Å². The summed E-state index contributed by atoms with van der Waals surface area (Å²) in [5, 5.41) is 0. The van der Waals surface area contributed by atoms with Crippen molar-refractivity contribution in [1.82, 2.24) is 0 Å². The summed E-state index contributed by atoms with van der Waals surface area (Å²) in [6.07, 6.45) is 0. The number of nitrogens with two attached hydrogens (primary N) is 1. The van der Waals surface area contributed by atoms with E-state index in [4.69, 9.17) is 5.73 Å². The molecule has 98 valence electrons. The van der Waals surface area contributed by atoms with Crippen molar-refractivity contribution < 1.29 is 4.79 Å². The van der Waals surface area contributed by atoms with Crippen LogP contribution in [0.3, 0.4) is 0 Å². The summed E-state index contributed by atoms with van der Waals surface area (Å²) in [5.41, 5.74) is 9.06. The minimum absolute atomic E-state index is 0.0938. The van der Waals surface area contributed by atoms with Gasteiger partial charge < -0.3 is 5.73 Å². The molecule has 2 rings (SSSR count). The highest BCUT2D eigenvalue weighted by atomic mass is 16.1. The normalized spacial score (nSPS) is 13.8. The third-order valence-corrected chi connectivity index (χ3v) is 3.47. The summed E-state index contributed by atoms with van der Waals surface area (Å²) in [7, 11) is 0. The lowest BCUT2D eigenvalue weighted by Crippen LogP contribution is -2.26. The van der Waals surface area contributed by atoms with E-state index in [0.717, 1.165) is 16.7 Å². The summed E-state index contributed by atoms with van der Waals surface area (Å²) in [5.74, 6) is -0.138. The van der Waals surface area contributed by atoms with Crippen molar-refractivity contribution in [2.75, 3.05) is 0 Å². The van der Waals surface area contributed by atoms with Crippen molar-refractivity contribution >= 4 is 5.78 Å². The van der Waals surface area contributed by atoms with Crippen LogP contribution in [0.2, 0.25) is 0 Å². The lowest BCUT2D eigenvalue weighted by Gasteiger charge is -2.19. The van der Waals surface area contributed by atoms with Gasteiger partial charge >= 0.3 is 0 Å². The van der Waals surface area contributed by atoms with E-state index >= 15 is 0 Å². The van der Waals surface area contributed by atoms with Crippen LogP contribution < -0.4 is 5.73 Å². The van der Waals surface area contributed by atoms with E-state index in [-0.39, 0.29) is 17.7 Å². The summed E-state index contributed by atoms with van der Waals surface area (Å²) in [4.78, 5) is 12.4. The Kier molecular flexibility index (Phi) is 4.13. The van der Waals surface area contributed by atoms with Gasteiger partial charge in [-0.05, 0) is 12.5 Å². The largest absolute Gasteiger partial charge is 0.323 e. The van der Waals surface area contributed by atoms with Crippen LogP contribution in [0.4, 0.5) is 0 Å². The van der Waals surface area contributed by atoms with Gasteiger partial charge in [0.15, 0.2) is 5.78 Å². The SMILES string of the molecule is Cc1ccc(C(=O)C(C)C(N)c2ccccc2)cc1. The molecule has 0 aliphatic carbocycles. The second-order valence-electron chi connectivity index (χ2n) is 4.96. The zero-order chi connectivity index (χ0) is 13.8. The average Bonchev–Trinajstić information content (AvgIpc) is 2.46. The van der Waals surface area contributed by atoms with Crippen LogP contribution in [0.1, 0.15) is 34.5 Å². The van der Waals surface area contributed by atoms with E-state index in [0.29, 0.717) is 0 Å². The second kappa shape index (κ2) is 5.81. The van der Waals surface area contributed by atoms with E-state index in [1.807, 2.05) is 68.4 Å². The highest BCUT2D eigenvalue weighted by molar-refractivity contribution is 5.98. The maximum Gasteiger partial charge on any atom is 0.167 e. The first-order valence-corrected chi connectivity index (χ1v) is 6.51. The molecule has 0 radical (unpaired) electrons. The first kappa shape index (κ1) is 13.5. The Hall–Kier alpha value is -1.93. The highest BCUT2D eigenvalue weighted by Gasteiger charge is 2.22. The number of rotatable bonds is 4. The van der Waals surface area contributed by atoms with Gasteiger partial charge in [0.2, 0.25) is 0 Å². The van der Waals surface area contributed by atoms with Gasteiger partial charge in [-0.1, -0.05) is 67.1 Å². The van der Waals surface area contributed by atoms with Crippen LogP contribution in [-0.4, -0.2) is 5.78 Å². The maximum atomic E-state index is 12.4. The number of hydrogen-bond donors (Lipinski definition) is 1. The molecule has 0 aliphatic rings. The van der Waals surface area contributed by atoms with Gasteiger partial charge in [0.25, 0.3) is 0 Å². The second-order valence-corrected chi connectivity index (χ2v) is 4.96. The van der Waals surface area contributed by atoms with Gasteiger partial charge in [-0.2, -0.15) is 0 Å². The van der Waals surface area contributed by atoms with E-state index in [2.05, 4.69) is 0 Å². The molecule has 0 aliphatic heterocycles. The molecule has 2 nitrogen and oxygen atoms in total. The van der Waals surface area contributed by atoms with Crippen LogP contribution in [-0.2, 0) is 0 Å². The molecule has 2 atom stereocenters. The summed E-state index contributed by atoms with van der Waals surface area (Å²) in [6.45, 7) is 3.90. The molecule has 0 spiro atoms. The molecule has 0 amide bonds. The number of aryl methyl sites for hydroxylation is 1. The van der Waals surface area contributed by atoms with Crippen molar-refractivity contribution in [3.8, 4) is 0 Å². The van der Waals surface area contributed by atoms with Crippen molar-refractivity contribution in [2.45, 2.75) is 19.9 Å². The molecular formula is C17H19NO. The van der Waals surface area contributed by atoms with E-state index in [9.17, 15) is 4.79 Å². The Morgan fingerprint density at radius 3 is 2.16 bits per heavy atom. The predicted molar refractivity (Wildman–Crippen MR) is 78.0 cm³/mol. The number of ketones is 1. The third-order valence-electron chi connectivity index (χ3n) is 3.47. The Morgan fingerprint density at radius 1 is 1.00 bits per heavy atom. The predicted octanol–water partition coefficient (Wildman–Crippen LogP) is 3.51. The minimum Gasteiger partial charge on any atom is -0.323 e. The maximum absolute atomic E-state index is 12.4. The van der Waals surface area contributed by atoms with E-state index in [1.54, 1.807) is 0 Å². The number of carbonyl (C=O) groups is 1. The first-order valence-electron chi connectivity index (χ1n) is 6.51. The quantitative estimate of drug-likeness (QED) is 0.847. The molecule has 0 saturated carbocycles. The Bertz CT molecular complexity index is 545. The molecule has 0 fully saturated rings. The highest BCUT2D eigenvalue weighted by Crippen LogP contribution is 2.22. The first-order chi connectivity index (χ1) is 9.09. The average molecular weight is 253 g/mol. The fourth-order valence-electron chi connectivity index (χ4n) is 2.11. The summed E-state index contributed by atoms with van der Waals surface area (Å²) in [6, 6.07) is 17.1. The van der Waals surface area contributed by atoms with Gasteiger partial charge in [0.1, 0.15) is 0 Å². The lowest BCUT2D eigenvalue weighted by atomic mass is 9.88. The molecule has 0 heterocycles. The Labute approximate surface area is 114 Å².